The number of carbonyl (C=O) groups excluding carboxylic acids is 2. The number of esters is 1. The summed E-state index contributed by atoms with van der Waals surface area (Å²) < 4.78 is 20.9. The number of ether oxygens (including phenoxy) is 4. The number of methoxy groups -OCH3 is 3. The molecule has 152 valence electrons. The summed E-state index contributed by atoms with van der Waals surface area (Å²) >= 11 is 0. The summed E-state index contributed by atoms with van der Waals surface area (Å²) in [6.07, 6.45) is 3.09. The molecule has 0 aromatic heterocycles. The first-order chi connectivity index (χ1) is 13.0. The van der Waals surface area contributed by atoms with Gasteiger partial charge in [0.1, 0.15) is 0 Å². The minimum atomic E-state index is -0.310. The van der Waals surface area contributed by atoms with Gasteiger partial charge in [-0.1, -0.05) is 19.8 Å². The Balaban J connectivity index is 3.06. The van der Waals surface area contributed by atoms with Gasteiger partial charge in [-0.2, -0.15) is 0 Å². The summed E-state index contributed by atoms with van der Waals surface area (Å²) in [6.45, 7) is 5.07. The molecule has 0 aliphatic rings. The fourth-order valence-electron chi connectivity index (χ4n) is 2.71. The number of hydrogen-bond acceptors (Lipinski definition) is 6. The van der Waals surface area contributed by atoms with Gasteiger partial charge in [0.05, 0.1) is 34.4 Å². The van der Waals surface area contributed by atoms with Crippen LogP contribution in [-0.4, -0.2) is 57.8 Å². The molecule has 27 heavy (non-hydrogen) atoms. The number of hydrogen-bond donors (Lipinski definition) is 0. The second-order valence-corrected chi connectivity index (χ2v) is 5.97. The van der Waals surface area contributed by atoms with E-state index in [1.165, 1.54) is 21.3 Å². The Morgan fingerprint density at radius 1 is 0.926 bits per heavy atom. The molecule has 0 bridgehead atoms. The first-order valence-electron chi connectivity index (χ1n) is 9.27. The lowest BCUT2D eigenvalue weighted by Gasteiger charge is -2.23. The second-order valence-electron chi connectivity index (χ2n) is 5.97. The van der Waals surface area contributed by atoms with Crippen LogP contribution >= 0.6 is 0 Å². The Kier molecular flexibility index (Phi) is 10.1. The van der Waals surface area contributed by atoms with Crippen molar-refractivity contribution in [2.75, 3.05) is 41.0 Å². The first kappa shape index (κ1) is 22.6. The van der Waals surface area contributed by atoms with Crippen molar-refractivity contribution in [3.05, 3.63) is 17.7 Å². The monoisotopic (exact) mass is 381 g/mol. The van der Waals surface area contributed by atoms with Crippen LogP contribution in [0.1, 0.15) is 49.9 Å². The van der Waals surface area contributed by atoms with Crippen LogP contribution < -0.4 is 14.2 Å². The van der Waals surface area contributed by atoms with Gasteiger partial charge in [-0.25, -0.2) is 0 Å². The fraction of sp³-hybridized carbons (Fsp3) is 0.600. The normalized spacial score (nSPS) is 10.3. The highest BCUT2D eigenvalue weighted by atomic mass is 16.5. The van der Waals surface area contributed by atoms with Crippen LogP contribution in [0.15, 0.2) is 12.1 Å². The average molecular weight is 381 g/mol. The molecule has 1 aromatic rings. The number of rotatable bonds is 12. The zero-order chi connectivity index (χ0) is 20.2. The third-order valence-corrected chi connectivity index (χ3v) is 4.12. The molecule has 0 aliphatic heterocycles. The third kappa shape index (κ3) is 6.66. The summed E-state index contributed by atoms with van der Waals surface area (Å²) in [7, 11) is 4.52. The van der Waals surface area contributed by atoms with E-state index in [9.17, 15) is 9.59 Å². The Morgan fingerprint density at radius 2 is 1.56 bits per heavy atom. The van der Waals surface area contributed by atoms with Crippen molar-refractivity contribution < 1.29 is 28.5 Å². The predicted molar refractivity (Wildman–Crippen MR) is 103 cm³/mol. The van der Waals surface area contributed by atoms with Crippen LogP contribution in [0.25, 0.3) is 0 Å². The van der Waals surface area contributed by atoms with E-state index in [0.29, 0.717) is 42.5 Å². The molecule has 0 N–H and O–H groups in total. The zero-order valence-corrected chi connectivity index (χ0v) is 17.0. The van der Waals surface area contributed by atoms with E-state index in [1.54, 1.807) is 24.0 Å². The van der Waals surface area contributed by atoms with E-state index in [-0.39, 0.29) is 18.3 Å². The van der Waals surface area contributed by atoms with Crippen LogP contribution in [0.2, 0.25) is 0 Å². The molecule has 1 aromatic carbocycles. The van der Waals surface area contributed by atoms with Crippen LogP contribution in [0.4, 0.5) is 0 Å². The van der Waals surface area contributed by atoms with E-state index in [0.717, 1.165) is 19.3 Å². The molecule has 0 radical (unpaired) electrons. The minimum Gasteiger partial charge on any atom is -0.493 e. The van der Waals surface area contributed by atoms with Gasteiger partial charge in [-0.05, 0) is 25.5 Å². The first-order valence-corrected chi connectivity index (χ1v) is 9.27. The highest BCUT2D eigenvalue weighted by Gasteiger charge is 2.21. The van der Waals surface area contributed by atoms with Crippen LogP contribution in [0.5, 0.6) is 17.2 Å². The maximum atomic E-state index is 13.1. The number of amides is 1. The van der Waals surface area contributed by atoms with Gasteiger partial charge >= 0.3 is 5.97 Å². The Hall–Kier alpha value is -2.44. The topological polar surface area (TPSA) is 74.3 Å². The van der Waals surface area contributed by atoms with Crippen molar-refractivity contribution in [2.45, 2.75) is 39.5 Å². The van der Waals surface area contributed by atoms with Crippen molar-refractivity contribution >= 4 is 11.9 Å². The largest absolute Gasteiger partial charge is 0.493 e. The van der Waals surface area contributed by atoms with Gasteiger partial charge < -0.3 is 23.8 Å². The van der Waals surface area contributed by atoms with Gasteiger partial charge in [0.25, 0.3) is 5.91 Å². The quantitative estimate of drug-likeness (QED) is 0.409. The van der Waals surface area contributed by atoms with Gasteiger partial charge in [-0.15, -0.1) is 0 Å². The number of carbonyl (C=O) groups is 2. The van der Waals surface area contributed by atoms with Crippen molar-refractivity contribution in [3.63, 3.8) is 0 Å². The van der Waals surface area contributed by atoms with Crippen molar-refractivity contribution in [3.8, 4) is 17.2 Å². The summed E-state index contributed by atoms with van der Waals surface area (Å²) in [6, 6.07) is 3.25. The molecule has 1 rings (SSSR count). The van der Waals surface area contributed by atoms with Gasteiger partial charge in [0, 0.05) is 18.7 Å². The number of nitrogens with zero attached hydrogens (tertiary/aromatic N) is 1. The van der Waals surface area contributed by atoms with Crippen molar-refractivity contribution in [1.29, 1.82) is 0 Å². The molecule has 0 atom stereocenters. The molecule has 0 heterocycles. The smallest absolute Gasteiger partial charge is 0.307 e. The van der Waals surface area contributed by atoms with Crippen molar-refractivity contribution in [1.82, 2.24) is 4.90 Å². The van der Waals surface area contributed by atoms with Gasteiger partial charge in [-0.3, -0.25) is 9.59 Å². The molecular formula is C20H31NO6. The Morgan fingerprint density at radius 3 is 2.04 bits per heavy atom. The van der Waals surface area contributed by atoms with E-state index in [2.05, 4.69) is 6.92 Å². The molecule has 1 amide bonds. The molecule has 0 spiro atoms. The Labute approximate surface area is 161 Å². The number of unbranched alkanes of at least 4 members (excludes halogenated alkanes) is 2. The summed E-state index contributed by atoms with van der Waals surface area (Å²) in [4.78, 5) is 26.4. The van der Waals surface area contributed by atoms with Gasteiger partial charge in [0.2, 0.25) is 5.75 Å². The van der Waals surface area contributed by atoms with Crippen molar-refractivity contribution in [2.24, 2.45) is 0 Å². The lowest BCUT2D eigenvalue weighted by atomic mass is 10.1. The lowest BCUT2D eigenvalue weighted by molar-refractivity contribution is -0.143. The van der Waals surface area contributed by atoms with E-state index >= 15 is 0 Å². The molecular weight excluding hydrogens is 350 g/mol. The lowest BCUT2D eigenvalue weighted by Crippen LogP contribution is -2.34. The molecule has 0 aliphatic carbocycles. The minimum absolute atomic E-state index is 0.163. The molecule has 0 unspecified atom stereocenters. The van der Waals surface area contributed by atoms with E-state index < -0.39 is 0 Å². The maximum absolute atomic E-state index is 13.1. The number of benzene rings is 1. The second kappa shape index (κ2) is 12.0. The standard InChI is InChI=1S/C20H31NO6/c1-6-8-9-11-21(12-10-18(22)27-7-2)20(23)15-13-16(24-3)19(26-5)17(14-15)25-4/h13-14H,6-12H2,1-5H3. The van der Waals surface area contributed by atoms with Gasteiger partial charge in [0.15, 0.2) is 11.5 Å². The van der Waals surface area contributed by atoms with Crippen LogP contribution in [0.3, 0.4) is 0 Å². The van der Waals surface area contributed by atoms with E-state index in [1.807, 2.05) is 0 Å². The summed E-state index contributed by atoms with van der Waals surface area (Å²) in [5.74, 6) is 0.768. The Bertz CT molecular complexity index is 591. The maximum Gasteiger partial charge on any atom is 0.307 e. The molecule has 7 heteroatoms. The van der Waals surface area contributed by atoms with Crippen LogP contribution in [0, 0.1) is 0 Å². The highest BCUT2D eigenvalue weighted by Crippen LogP contribution is 2.38. The molecule has 0 saturated heterocycles. The van der Waals surface area contributed by atoms with Crippen LogP contribution in [-0.2, 0) is 9.53 Å². The zero-order valence-electron chi connectivity index (χ0n) is 17.0. The fourth-order valence-corrected chi connectivity index (χ4v) is 2.71. The summed E-state index contributed by atoms with van der Waals surface area (Å²) in [5, 5.41) is 0. The predicted octanol–water partition coefficient (Wildman–Crippen LogP) is 3.30. The van der Waals surface area contributed by atoms with E-state index in [4.69, 9.17) is 18.9 Å². The average Bonchev–Trinajstić information content (AvgIpc) is 2.68. The SMILES string of the molecule is CCCCCN(CCC(=O)OCC)C(=O)c1cc(OC)c(OC)c(OC)c1. The highest BCUT2D eigenvalue weighted by molar-refractivity contribution is 5.96. The summed E-state index contributed by atoms with van der Waals surface area (Å²) in [5.41, 5.74) is 0.421. The third-order valence-electron chi connectivity index (χ3n) is 4.12. The molecule has 7 nitrogen and oxygen atoms in total. The molecule has 0 fully saturated rings. The molecule has 0 saturated carbocycles.